The average molecular weight is 621 g/mol. The number of nitrogens with zero attached hydrogens (tertiary/aromatic N) is 4. The van der Waals surface area contributed by atoms with Gasteiger partial charge in [-0.2, -0.15) is 0 Å². The molecule has 2 aromatic carbocycles. The first-order valence-corrected chi connectivity index (χ1v) is 15.1. The molecule has 42 heavy (non-hydrogen) atoms. The standard InChI is InChI=1S/C26H30FN6O7PS/c1-3-33(8-10-40-41(35,36)37)7-9-39-23-14-21-20(13-22(23)38-2)25(30-16-29-21)32-26-28-15-19(42-26)12-24(34)31-18-6-4-5-17(27)11-18/h4-6,11,13-16H,3,7-10,12H2,1-2H3,(H,31,34)(H2,35,36,37)(H,28,29,30,32). The van der Waals surface area contributed by atoms with Gasteiger partial charge in [-0.1, -0.05) is 13.0 Å². The Labute approximate surface area is 244 Å². The normalized spacial score (nSPS) is 11.6. The van der Waals surface area contributed by atoms with E-state index in [4.69, 9.17) is 19.3 Å². The van der Waals surface area contributed by atoms with E-state index in [0.717, 1.165) is 0 Å². The molecule has 0 atom stereocenters. The van der Waals surface area contributed by atoms with Gasteiger partial charge < -0.3 is 29.9 Å². The van der Waals surface area contributed by atoms with Crippen LogP contribution in [0.15, 0.2) is 48.9 Å². The third kappa shape index (κ3) is 9.14. The monoisotopic (exact) mass is 620 g/mol. The molecular formula is C26H30FN6O7PS. The molecule has 0 bridgehead atoms. The zero-order valence-electron chi connectivity index (χ0n) is 22.8. The quantitative estimate of drug-likeness (QED) is 0.141. The fourth-order valence-electron chi connectivity index (χ4n) is 3.92. The van der Waals surface area contributed by atoms with Crippen molar-refractivity contribution in [3.8, 4) is 11.5 Å². The van der Waals surface area contributed by atoms with Gasteiger partial charge in [-0.15, -0.1) is 11.3 Å². The molecule has 0 fully saturated rings. The number of amides is 1. The van der Waals surface area contributed by atoms with E-state index in [1.54, 1.807) is 24.4 Å². The number of phosphoric ester groups is 1. The fraction of sp³-hybridized carbons (Fsp3) is 0.308. The molecule has 224 valence electrons. The Kier molecular flexibility index (Phi) is 10.7. The molecule has 0 saturated heterocycles. The van der Waals surface area contributed by atoms with Crippen LogP contribution in [0.1, 0.15) is 11.8 Å². The average Bonchev–Trinajstić information content (AvgIpc) is 3.37. The summed E-state index contributed by atoms with van der Waals surface area (Å²) in [7, 11) is -2.99. The van der Waals surface area contributed by atoms with E-state index >= 15 is 0 Å². The number of thiazole rings is 1. The van der Waals surface area contributed by atoms with Crippen LogP contribution in [0.5, 0.6) is 11.5 Å². The van der Waals surface area contributed by atoms with Gasteiger partial charge in [0.25, 0.3) is 0 Å². The summed E-state index contributed by atoms with van der Waals surface area (Å²) in [5, 5.41) is 7.01. The maximum absolute atomic E-state index is 13.4. The summed E-state index contributed by atoms with van der Waals surface area (Å²) in [4.78, 5) is 45.8. The molecule has 0 spiro atoms. The SMILES string of the molecule is CCN(CCOc1cc2ncnc(Nc3ncc(CC(=O)Nc4cccc(F)c4)s3)c2cc1OC)CCOP(=O)(O)O. The number of ether oxygens (including phenoxy) is 2. The third-order valence-corrected chi connectivity index (χ3v) is 7.35. The van der Waals surface area contributed by atoms with Crippen molar-refractivity contribution >= 4 is 52.6 Å². The summed E-state index contributed by atoms with van der Waals surface area (Å²) >= 11 is 1.28. The highest BCUT2D eigenvalue weighted by atomic mass is 32.1. The summed E-state index contributed by atoms with van der Waals surface area (Å²) in [6, 6.07) is 9.17. The van der Waals surface area contributed by atoms with Gasteiger partial charge >= 0.3 is 7.82 Å². The molecule has 4 N–H and O–H groups in total. The van der Waals surface area contributed by atoms with Gasteiger partial charge in [0, 0.05) is 41.3 Å². The highest BCUT2D eigenvalue weighted by molar-refractivity contribution is 7.46. The number of anilines is 3. The van der Waals surface area contributed by atoms with Crippen molar-refractivity contribution in [2.24, 2.45) is 0 Å². The van der Waals surface area contributed by atoms with E-state index in [2.05, 4.69) is 30.1 Å². The number of halogens is 1. The van der Waals surface area contributed by atoms with E-state index in [0.29, 0.717) is 63.6 Å². The Bertz CT molecular complexity index is 1570. The van der Waals surface area contributed by atoms with Crippen LogP contribution in [0.2, 0.25) is 0 Å². The summed E-state index contributed by atoms with van der Waals surface area (Å²) in [6.45, 7) is 3.57. The number of phosphoric acid groups is 1. The van der Waals surface area contributed by atoms with Crippen LogP contribution >= 0.6 is 19.2 Å². The predicted octanol–water partition coefficient (Wildman–Crippen LogP) is 3.97. The van der Waals surface area contributed by atoms with Crippen molar-refractivity contribution in [3.63, 3.8) is 0 Å². The molecule has 2 heterocycles. The second-order valence-electron chi connectivity index (χ2n) is 8.84. The summed E-state index contributed by atoms with van der Waals surface area (Å²) in [5.74, 6) is 0.686. The minimum absolute atomic E-state index is 0.0705. The van der Waals surface area contributed by atoms with E-state index in [9.17, 15) is 13.8 Å². The zero-order valence-corrected chi connectivity index (χ0v) is 24.5. The second-order valence-corrected chi connectivity index (χ2v) is 11.2. The van der Waals surface area contributed by atoms with E-state index in [1.165, 1.54) is 43.0 Å². The molecule has 0 radical (unpaired) electrons. The Balaban J connectivity index is 1.39. The summed E-state index contributed by atoms with van der Waals surface area (Å²) in [5.41, 5.74) is 0.972. The van der Waals surface area contributed by atoms with Gasteiger partial charge in [0.15, 0.2) is 16.6 Å². The molecule has 0 unspecified atom stereocenters. The molecule has 16 heteroatoms. The number of hydrogen-bond donors (Lipinski definition) is 4. The Morgan fingerprint density at radius 2 is 1.93 bits per heavy atom. The number of likely N-dealkylation sites (N-methyl/N-ethyl adjacent to an activating group) is 1. The van der Waals surface area contributed by atoms with E-state index in [-0.39, 0.29) is 25.5 Å². The molecule has 13 nitrogen and oxygen atoms in total. The van der Waals surface area contributed by atoms with Gasteiger partial charge in [-0.3, -0.25) is 14.2 Å². The van der Waals surface area contributed by atoms with Crippen LogP contribution in [0.4, 0.5) is 21.0 Å². The molecule has 4 aromatic rings. The highest BCUT2D eigenvalue weighted by Gasteiger charge is 2.16. The third-order valence-electron chi connectivity index (χ3n) is 5.92. The van der Waals surface area contributed by atoms with Gasteiger partial charge in [0.1, 0.15) is 24.6 Å². The van der Waals surface area contributed by atoms with Crippen LogP contribution in [0.25, 0.3) is 10.9 Å². The molecule has 1 amide bonds. The molecule has 0 aliphatic heterocycles. The lowest BCUT2D eigenvalue weighted by Crippen LogP contribution is -2.31. The van der Waals surface area contributed by atoms with Crippen LogP contribution < -0.4 is 20.1 Å². The maximum atomic E-state index is 13.4. The first-order valence-electron chi connectivity index (χ1n) is 12.8. The number of nitrogens with one attached hydrogen (secondary N) is 2. The topological polar surface area (TPSA) is 168 Å². The number of methoxy groups -OCH3 is 1. The molecule has 0 aliphatic rings. The molecular weight excluding hydrogens is 590 g/mol. The largest absolute Gasteiger partial charge is 0.493 e. The Hall–Kier alpha value is -3.72. The Morgan fingerprint density at radius 1 is 1.12 bits per heavy atom. The number of aromatic nitrogens is 3. The Morgan fingerprint density at radius 3 is 2.67 bits per heavy atom. The highest BCUT2D eigenvalue weighted by Crippen LogP contribution is 2.36. The zero-order chi connectivity index (χ0) is 30.1. The smallest absolute Gasteiger partial charge is 0.469 e. The minimum Gasteiger partial charge on any atom is -0.493 e. The van der Waals surface area contributed by atoms with Crippen molar-refractivity contribution in [2.45, 2.75) is 13.3 Å². The number of carbonyl (C=O) groups is 1. The van der Waals surface area contributed by atoms with Crippen molar-refractivity contribution in [3.05, 3.63) is 59.6 Å². The number of benzene rings is 2. The van der Waals surface area contributed by atoms with Crippen LogP contribution in [-0.2, 0) is 20.3 Å². The lowest BCUT2D eigenvalue weighted by molar-refractivity contribution is -0.115. The molecule has 0 aliphatic carbocycles. The summed E-state index contributed by atoms with van der Waals surface area (Å²) < 4.78 is 40.3. The first-order chi connectivity index (χ1) is 20.1. The lowest BCUT2D eigenvalue weighted by atomic mass is 10.2. The minimum atomic E-state index is -4.51. The molecule has 2 aromatic heterocycles. The molecule has 4 rings (SSSR count). The summed E-state index contributed by atoms with van der Waals surface area (Å²) in [6.07, 6.45) is 3.06. The van der Waals surface area contributed by atoms with Crippen LogP contribution in [-0.4, -0.2) is 75.5 Å². The second kappa shape index (κ2) is 14.4. The van der Waals surface area contributed by atoms with Gasteiger partial charge in [-0.05, 0) is 30.8 Å². The molecule has 0 saturated carbocycles. The van der Waals surface area contributed by atoms with Crippen molar-refractivity contribution < 1.29 is 37.5 Å². The van der Waals surface area contributed by atoms with Crippen molar-refractivity contribution in [2.75, 3.05) is 50.6 Å². The predicted molar refractivity (Wildman–Crippen MR) is 156 cm³/mol. The van der Waals surface area contributed by atoms with Crippen LogP contribution in [0, 0.1) is 5.82 Å². The first kappa shape index (κ1) is 31.2. The van der Waals surface area contributed by atoms with Crippen molar-refractivity contribution in [1.82, 2.24) is 19.9 Å². The van der Waals surface area contributed by atoms with E-state index in [1.807, 2.05) is 11.8 Å². The number of rotatable bonds is 15. The van der Waals surface area contributed by atoms with E-state index < -0.39 is 13.6 Å². The van der Waals surface area contributed by atoms with Gasteiger partial charge in [-0.25, -0.2) is 23.9 Å². The van der Waals surface area contributed by atoms with Gasteiger partial charge in [0.2, 0.25) is 5.91 Å². The maximum Gasteiger partial charge on any atom is 0.469 e. The number of fused-ring (bicyclic) bond motifs is 1. The van der Waals surface area contributed by atoms with Gasteiger partial charge in [0.05, 0.1) is 25.7 Å². The fourth-order valence-corrected chi connectivity index (χ4v) is 5.05. The lowest BCUT2D eigenvalue weighted by Gasteiger charge is -2.21. The number of hydrogen-bond acceptors (Lipinski definition) is 11. The van der Waals surface area contributed by atoms with Crippen molar-refractivity contribution in [1.29, 1.82) is 0 Å². The van der Waals surface area contributed by atoms with Crippen LogP contribution in [0.3, 0.4) is 0 Å². The number of carbonyl (C=O) groups excluding carboxylic acids is 1.